The molecule has 0 bridgehead atoms. The van der Waals surface area contributed by atoms with E-state index in [9.17, 15) is 4.79 Å². The van der Waals surface area contributed by atoms with E-state index < -0.39 is 0 Å². The zero-order chi connectivity index (χ0) is 27.5. The number of rotatable bonds is 7. The number of anilines is 3. The standard InChI is InChI=1S/C30H36N8OS/c1-22-28(40-30(39)35(22)2)26-12-13-32-29(34-26)33-24-8-10-25(11-9-24)38-19-18-36(20-23-6-4-3-5-7-23)21-27(38)37-16-14-31-15-17-37/h3-13,27,31H,14-21H2,1-2H3,(H,32,33,34). The average molecular weight is 557 g/mol. The summed E-state index contributed by atoms with van der Waals surface area (Å²) in [6, 6.07) is 21.2. The third-order valence-corrected chi connectivity index (χ3v) is 9.06. The van der Waals surface area contributed by atoms with Gasteiger partial charge >= 0.3 is 4.87 Å². The maximum Gasteiger partial charge on any atom is 0.307 e. The maximum absolute atomic E-state index is 12.1. The van der Waals surface area contributed by atoms with E-state index in [0.717, 1.165) is 74.3 Å². The summed E-state index contributed by atoms with van der Waals surface area (Å²) in [5, 5.41) is 6.85. The minimum Gasteiger partial charge on any atom is -0.353 e. The van der Waals surface area contributed by atoms with Gasteiger partial charge in [0.1, 0.15) is 0 Å². The summed E-state index contributed by atoms with van der Waals surface area (Å²) in [5.74, 6) is 0.515. The van der Waals surface area contributed by atoms with Crippen LogP contribution >= 0.6 is 11.3 Å². The van der Waals surface area contributed by atoms with Crippen molar-refractivity contribution in [1.29, 1.82) is 0 Å². The Kier molecular flexibility index (Phi) is 7.92. The number of aromatic nitrogens is 3. The first-order chi connectivity index (χ1) is 19.5. The highest BCUT2D eigenvalue weighted by atomic mass is 32.1. The second-order valence-corrected chi connectivity index (χ2v) is 11.4. The Hall–Kier alpha value is -3.57. The van der Waals surface area contributed by atoms with Gasteiger partial charge in [0.2, 0.25) is 5.95 Å². The fourth-order valence-electron chi connectivity index (χ4n) is 5.57. The molecule has 6 rings (SSSR count). The average Bonchev–Trinajstić information content (AvgIpc) is 3.26. The quantitative estimate of drug-likeness (QED) is 0.358. The lowest BCUT2D eigenvalue weighted by Crippen LogP contribution is -2.63. The normalized spacial score (nSPS) is 18.6. The molecule has 0 saturated carbocycles. The Balaban J connectivity index is 1.17. The number of nitrogens with zero attached hydrogens (tertiary/aromatic N) is 6. The molecule has 0 radical (unpaired) electrons. The number of thiazole rings is 1. The summed E-state index contributed by atoms with van der Waals surface area (Å²) >= 11 is 1.21. The first kappa shape index (κ1) is 26.6. The first-order valence-electron chi connectivity index (χ1n) is 13.9. The van der Waals surface area contributed by atoms with Gasteiger partial charge in [0.15, 0.2) is 0 Å². The number of piperazine rings is 2. The van der Waals surface area contributed by atoms with Crippen molar-refractivity contribution in [3.05, 3.63) is 87.8 Å². The van der Waals surface area contributed by atoms with Crippen molar-refractivity contribution in [1.82, 2.24) is 29.7 Å². The van der Waals surface area contributed by atoms with Gasteiger partial charge in [0.25, 0.3) is 0 Å². The molecule has 2 aromatic carbocycles. The Morgan fingerprint density at radius 3 is 2.50 bits per heavy atom. The predicted octanol–water partition coefficient (Wildman–Crippen LogP) is 3.51. The zero-order valence-corrected chi connectivity index (χ0v) is 23.9. The van der Waals surface area contributed by atoms with Crippen molar-refractivity contribution >= 4 is 28.7 Å². The van der Waals surface area contributed by atoms with E-state index in [0.29, 0.717) is 12.1 Å². The molecule has 4 heterocycles. The Morgan fingerprint density at radius 1 is 1.00 bits per heavy atom. The topological polar surface area (TPSA) is 81.6 Å². The van der Waals surface area contributed by atoms with Crippen molar-refractivity contribution in [2.75, 3.05) is 56.0 Å². The molecule has 40 heavy (non-hydrogen) atoms. The number of hydrogen-bond acceptors (Lipinski definition) is 9. The van der Waals surface area contributed by atoms with Crippen LogP contribution in [0.2, 0.25) is 0 Å². The Morgan fingerprint density at radius 2 is 1.77 bits per heavy atom. The Bertz CT molecular complexity index is 1480. The van der Waals surface area contributed by atoms with E-state index in [1.54, 1.807) is 17.8 Å². The van der Waals surface area contributed by atoms with Crippen molar-refractivity contribution in [2.24, 2.45) is 7.05 Å². The van der Waals surface area contributed by atoms with Crippen LogP contribution in [0.1, 0.15) is 11.3 Å². The van der Waals surface area contributed by atoms with Crippen LogP contribution in [-0.4, -0.2) is 76.3 Å². The van der Waals surface area contributed by atoms with Gasteiger partial charge in [-0.2, -0.15) is 0 Å². The molecule has 10 heteroatoms. The van der Waals surface area contributed by atoms with E-state index in [1.807, 2.05) is 13.0 Å². The molecule has 2 fully saturated rings. The highest BCUT2D eigenvalue weighted by Gasteiger charge is 2.32. The summed E-state index contributed by atoms with van der Waals surface area (Å²) in [4.78, 5) is 29.9. The fraction of sp³-hybridized carbons (Fsp3) is 0.367. The highest BCUT2D eigenvalue weighted by molar-refractivity contribution is 7.13. The minimum absolute atomic E-state index is 0.0104. The third-order valence-electron chi connectivity index (χ3n) is 7.90. The van der Waals surface area contributed by atoms with Gasteiger partial charge in [-0.05, 0) is 42.8 Å². The van der Waals surface area contributed by atoms with E-state index >= 15 is 0 Å². The second kappa shape index (κ2) is 11.9. The molecular weight excluding hydrogens is 520 g/mol. The van der Waals surface area contributed by atoms with E-state index in [1.165, 1.54) is 22.6 Å². The van der Waals surface area contributed by atoms with Crippen LogP contribution in [0.15, 0.2) is 71.7 Å². The van der Waals surface area contributed by atoms with Crippen LogP contribution in [-0.2, 0) is 13.6 Å². The molecule has 0 spiro atoms. The number of nitrogens with one attached hydrogen (secondary N) is 2. The molecule has 2 aliphatic rings. The van der Waals surface area contributed by atoms with Gasteiger partial charge in [0, 0.05) is 82.7 Å². The van der Waals surface area contributed by atoms with Gasteiger partial charge < -0.3 is 20.1 Å². The molecule has 2 aromatic heterocycles. The molecule has 9 nitrogen and oxygen atoms in total. The van der Waals surface area contributed by atoms with Crippen molar-refractivity contribution in [3.63, 3.8) is 0 Å². The van der Waals surface area contributed by atoms with Crippen molar-refractivity contribution in [2.45, 2.75) is 19.6 Å². The summed E-state index contributed by atoms with van der Waals surface area (Å²) in [7, 11) is 1.79. The lowest BCUT2D eigenvalue weighted by molar-refractivity contribution is 0.0939. The summed E-state index contributed by atoms with van der Waals surface area (Å²) in [6.45, 7) is 10.1. The summed E-state index contributed by atoms with van der Waals surface area (Å²) in [5.41, 5.74) is 5.19. The van der Waals surface area contributed by atoms with Gasteiger partial charge in [-0.25, -0.2) is 9.97 Å². The summed E-state index contributed by atoms with van der Waals surface area (Å²) < 4.78 is 1.66. The SMILES string of the molecule is Cc1c(-c2ccnc(Nc3ccc(N4CCN(Cc5ccccc5)CC4N4CCNCC4)cc3)n2)sc(=O)n1C. The Labute approximate surface area is 239 Å². The highest BCUT2D eigenvalue weighted by Crippen LogP contribution is 2.28. The predicted molar refractivity (Wildman–Crippen MR) is 162 cm³/mol. The molecule has 2 saturated heterocycles. The fourth-order valence-corrected chi connectivity index (χ4v) is 6.52. The van der Waals surface area contributed by atoms with Crippen LogP contribution < -0.4 is 20.4 Å². The molecule has 2 aliphatic heterocycles. The maximum atomic E-state index is 12.1. The number of benzene rings is 2. The van der Waals surface area contributed by atoms with E-state index in [2.05, 4.69) is 89.9 Å². The largest absolute Gasteiger partial charge is 0.353 e. The summed E-state index contributed by atoms with van der Waals surface area (Å²) in [6.07, 6.45) is 2.06. The van der Waals surface area contributed by atoms with E-state index in [-0.39, 0.29) is 4.87 Å². The molecule has 0 amide bonds. The van der Waals surface area contributed by atoms with Crippen LogP contribution in [0.4, 0.5) is 17.3 Å². The first-order valence-corrected chi connectivity index (χ1v) is 14.7. The molecule has 208 valence electrons. The van der Waals surface area contributed by atoms with Crippen molar-refractivity contribution in [3.8, 4) is 10.6 Å². The van der Waals surface area contributed by atoms with Crippen LogP contribution in [0, 0.1) is 6.92 Å². The molecule has 4 aromatic rings. The van der Waals surface area contributed by atoms with Crippen LogP contribution in [0.3, 0.4) is 0 Å². The third kappa shape index (κ3) is 5.80. The zero-order valence-electron chi connectivity index (χ0n) is 23.1. The lowest BCUT2D eigenvalue weighted by Gasteiger charge is -2.48. The van der Waals surface area contributed by atoms with Crippen LogP contribution in [0.5, 0.6) is 0 Å². The molecule has 0 aliphatic carbocycles. The van der Waals surface area contributed by atoms with Crippen LogP contribution in [0.25, 0.3) is 10.6 Å². The minimum atomic E-state index is 0.0104. The van der Waals surface area contributed by atoms with Gasteiger partial charge in [0.05, 0.1) is 16.7 Å². The molecule has 2 N–H and O–H groups in total. The molecular formula is C30H36N8OS. The lowest BCUT2D eigenvalue weighted by atomic mass is 10.1. The molecule has 1 atom stereocenters. The van der Waals surface area contributed by atoms with Gasteiger partial charge in [-0.1, -0.05) is 41.7 Å². The molecule has 1 unspecified atom stereocenters. The monoisotopic (exact) mass is 556 g/mol. The smallest absolute Gasteiger partial charge is 0.307 e. The number of hydrogen-bond donors (Lipinski definition) is 2. The van der Waals surface area contributed by atoms with Gasteiger partial charge in [-0.3, -0.25) is 14.6 Å². The van der Waals surface area contributed by atoms with Gasteiger partial charge in [-0.15, -0.1) is 0 Å². The van der Waals surface area contributed by atoms with Crippen molar-refractivity contribution < 1.29 is 0 Å². The van der Waals surface area contributed by atoms with E-state index in [4.69, 9.17) is 0 Å². The second-order valence-electron chi connectivity index (χ2n) is 10.5.